The van der Waals surface area contributed by atoms with Crippen LogP contribution in [0.5, 0.6) is 23.0 Å². The molecule has 2 aliphatic heterocycles. The molecule has 0 saturated heterocycles. The molecule has 0 fully saturated rings. The molecule has 162 valence electrons. The van der Waals surface area contributed by atoms with E-state index in [1.165, 1.54) is 0 Å². The van der Waals surface area contributed by atoms with E-state index in [1.54, 1.807) is 12.1 Å². The van der Waals surface area contributed by atoms with Gasteiger partial charge in [0.05, 0.1) is 21.1 Å². The molecule has 0 amide bonds. The molecule has 2 heterocycles. The van der Waals surface area contributed by atoms with E-state index < -0.39 is 5.92 Å². The summed E-state index contributed by atoms with van der Waals surface area (Å²) in [5, 5.41) is 19.1. The van der Waals surface area contributed by atoms with Crippen molar-refractivity contribution in [2.45, 2.75) is 12.5 Å². The fourth-order valence-electron chi connectivity index (χ4n) is 3.91. The Morgan fingerprint density at radius 1 is 1.00 bits per heavy atom. The van der Waals surface area contributed by atoms with Crippen LogP contribution in [0.15, 0.2) is 66.1 Å². The molecule has 0 spiro atoms. The number of halogens is 1. The second-order valence-electron chi connectivity index (χ2n) is 7.42. The van der Waals surface area contributed by atoms with E-state index in [0.29, 0.717) is 34.1 Å². The third-order valence-corrected chi connectivity index (χ3v) is 6.36. The smallest absolute Gasteiger partial charge is 0.231 e. The quantitative estimate of drug-likeness (QED) is 0.471. The Morgan fingerprint density at radius 2 is 1.79 bits per heavy atom. The first kappa shape index (κ1) is 21.0. The summed E-state index contributed by atoms with van der Waals surface area (Å²) in [6.07, 6.45) is 0. The number of fused-ring (bicyclic) bond motifs is 2. The van der Waals surface area contributed by atoms with Crippen molar-refractivity contribution < 1.29 is 18.9 Å². The van der Waals surface area contributed by atoms with Gasteiger partial charge in [0, 0.05) is 17.2 Å². The average molecular weight is 549 g/mol. The van der Waals surface area contributed by atoms with Crippen LogP contribution in [0.2, 0.25) is 0 Å². The Hall–Kier alpha value is -3.89. The number of benzene rings is 3. The Balaban J connectivity index is 1.49. The van der Waals surface area contributed by atoms with Gasteiger partial charge in [-0.15, -0.1) is 0 Å². The van der Waals surface area contributed by atoms with E-state index >= 15 is 0 Å². The molecule has 2 aliphatic rings. The molecule has 0 bridgehead atoms. The SMILES string of the molecule is N#CC1=C(N)Oc2cc3c(cc2[C@@H]1c1ccc(OCc2ccccc2C#N)c(I)c1)OCO3. The van der Waals surface area contributed by atoms with Crippen LogP contribution in [-0.2, 0) is 6.61 Å². The van der Waals surface area contributed by atoms with Crippen molar-refractivity contribution in [1.29, 1.82) is 10.5 Å². The lowest BCUT2D eigenvalue weighted by molar-refractivity contribution is 0.174. The van der Waals surface area contributed by atoms with Crippen LogP contribution < -0.4 is 24.7 Å². The van der Waals surface area contributed by atoms with Gasteiger partial charge in [0.1, 0.15) is 29.7 Å². The minimum absolute atomic E-state index is 0.0670. The van der Waals surface area contributed by atoms with Gasteiger partial charge in [-0.1, -0.05) is 24.3 Å². The third kappa shape index (κ3) is 3.79. The maximum absolute atomic E-state index is 9.82. The van der Waals surface area contributed by atoms with Gasteiger partial charge in [-0.3, -0.25) is 0 Å². The molecule has 7 nitrogen and oxygen atoms in total. The van der Waals surface area contributed by atoms with Crippen molar-refractivity contribution in [3.8, 4) is 35.1 Å². The van der Waals surface area contributed by atoms with Gasteiger partial charge in [-0.2, -0.15) is 10.5 Å². The highest BCUT2D eigenvalue weighted by Crippen LogP contribution is 2.48. The number of ether oxygens (including phenoxy) is 4. The third-order valence-electron chi connectivity index (χ3n) is 5.52. The standard InChI is InChI=1S/C25H16IN3O4/c26-19-7-14(5-6-20(19)30-12-16-4-2-1-3-15(16)10-27)24-17-8-22-23(32-13-31-22)9-21(17)33-25(29)18(24)11-28/h1-9,24H,12-13,29H2/t24-/m0/s1. The van der Waals surface area contributed by atoms with Gasteiger partial charge in [0.15, 0.2) is 11.5 Å². The summed E-state index contributed by atoms with van der Waals surface area (Å²) in [7, 11) is 0. The average Bonchev–Trinajstić information content (AvgIpc) is 3.28. The number of hydrogen-bond acceptors (Lipinski definition) is 7. The predicted octanol–water partition coefficient (Wildman–Crippen LogP) is 4.69. The molecule has 33 heavy (non-hydrogen) atoms. The number of allylic oxidation sites excluding steroid dienone is 1. The van der Waals surface area contributed by atoms with E-state index in [9.17, 15) is 10.5 Å². The molecule has 8 heteroatoms. The van der Waals surface area contributed by atoms with Gasteiger partial charge in [-0.05, 0) is 52.4 Å². The highest BCUT2D eigenvalue weighted by molar-refractivity contribution is 14.1. The summed E-state index contributed by atoms with van der Waals surface area (Å²) in [4.78, 5) is 0. The number of nitriles is 2. The number of nitrogens with zero attached hydrogens (tertiary/aromatic N) is 2. The molecule has 0 aliphatic carbocycles. The van der Waals surface area contributed by atoms with Crippen LogP contribution >= 0.6 is 22.6 Å². The van der Waals surface area contributed by atoms with Gasteiger partial charge in [0.2, 0.25) is 12.7 Å². The number of nitrogens with two attached hydrogens (primary N) is 1. The summed E-state index contributed by atoms with van der Waals surface area (Å²) in [6.45, 7) is 0.411. The highest BCUT2D eigenvalue weighted by atomic mass is 127. The van der Waals surface area contributed by atoms with Crippen molar-refractivity contribution >= 4 is 22.6 Å². The molecular formula is C25H16IN3O4. The van der Waals surface area contributed by atoms with Crippen LogP contribution in [0.4, 0.5) is 0 Å². The fourth-order valence-corrected chi connectivity index (χ4v) is 4.61. The first-order valence-electron chi connectivity index (χ1n) is 10.0. The van der Waals surface area contributed by atoms with Crippen molar-refractivity contribution in [2.24, 2.45) is 5.73 Å². The summed E-state index contributed by atoms with van der Waals surface area (Å²) in [5.74, 6) is 2.04. The van der Waals surface area contributed by atoms with Gasteiger partial charge >= 0.3 is 0 Å². The molecule has 1 atom stereocenters. The maximum Gasteiger partial charge on any atom is 0.231 e. The number of rotatable bonds is 4. The molecule has 0 aromatic heterocycles. The molecule has 3 aromatic rings. The van der Waals surface area contributed by atoms with Crippen molar-refractivity contribution in [3.63, 3.8) is 0 Å². The molecule has 0 saturated carbocycles. The van der Waals surface area contributed by atoms with Crippen LogP contribution in [0.25, 0.3) is 0 Å². The second-order valence-corrected chi connectivity index (χ2v) is 8.58. The lowest BCUT2D eigenvalue weighted by atomic mass is 9.83. The van der Waals surface area contributed by atoms with Crippen LogP contribution in [0.1, 0.15) is 28.2 Å². The van der Waals surface area contributed by atoms with E-state index in [4.69, 9.17) is 24.7 Å². The lowest BCUT2D eigenvalue weighted by Gasteiger charge is -2.27. The Kier molecular flexibility index (Phi) is 5.45. The van der Waals surface area contributed by atoms with Crippen LogP contribution in [0.3, 0.4) is 0 Å². The fraction of sp³-hybridized carbons (Fsp3) is 0.120. The predicted molar refractivity (Wildman–Crippen MR) is 127 cm³/mol. The minimum Gasteiger partial charge on any atom is -0.488 e. The Morgan fingerprint density at radius 3 is 2.55 bits per heavy atom. The monoisotopic (exact) mass is 549 g/mol. The lowest BCUT2D eigenvalue weighted by Crippen LogP contribution is -2.21. The molecular weight excluding hydrogens is 533 g/mol. The largest absolute Gasteiger partial charge is 0.488 e. The summed E-state index contributed by atoms with van der Waals surface area (Å²) < 4.78 is 23.6. The van der Waals surface area contributed by atoms with Gasteiger partial charge in [0.25, 0.3) is 0 Å². The Labute approximate surface area is 203 Å². The normalized spacial score (nSPS) is 15.8. The Bertz CT molecular complexity index is 1390. The van der Waals surface area contributed by atoms with Crippen molar-refractivity contribution in [1.82, 2.24) is 0 Å². The van der Waals surface area contributed by atoms with Crippen molar-refractivity contribution in [3.05, 3.63) is 91.9 Å². The first-order chi connectivity index (χ1) is 16.1. The summed E-state index contributed by atoms with van der Waals surface area (Å²) in [5.41, 5.74) is 9.47. The zero-order chi connectivity index (χ0) is 22.9. The summed E-state index contributed by atoms with van der Waals surface area (Å²) >= 11 is 2.20. The molecule has 2 N–H and O–H groups in total. The van der Waals surface area contributed by atoms with E-state index in [2.05, 4.69) is 34.7 Å². The molecule has 0 radical (unpaired) electrons. The second kappa shape index (κ2) is 8.57. The van der Waals surface area contributed by atoms with E-state index in [0.717, 1.165) is 20.3 Å². The van der Waals surface area contributed by atoms with Crippen molar-refractivity contribution in [2.75, 3.05) is 6.79 Å². The molecule has 0 unspecified atom stereocenters. The van der Waals surface area contributed by atoms with Crippen LogP contribution in [0, 0.1) is 26.2 Å². The summed E-state index contributed by atoms with van der Waals surface area (Å²) in [6, 6.07) is 21.0. The van der Waals surface area contributed by atoms with Gasteiger partial charge in [-0.25, -0.2) is 0 Å². The zero-order valence-electron chi connectivity index (χ0n) is 17.2. The van der Waals surface area contributed by atoms with Crippen LogP contribution in [-0.4, -0.2) is 6.79 Å². The van der Waals surface area contributed by atoms with Gasteiger partial charge < -0.3 is 24.7 Å². The topological polar surface area (TPSA) is 111 Å². The molecule has 5 rings (SSSR count). The zero-order valence-corrected chi connectivity index (χ0v) is 19.3. The van der Waals surface area contributed by atoms with E-state index in [-0.39, 0.29) is 19.3 Å². The minimum atomic E-state index is -0.421. The molecule has 3 aromatic carbocycles. The van der Waals surface area contributed by atoms with E-state index in [1.807, 2.05) is 42.5 Å². The first-order valence-corrected chi connectivity index (χ1v) is 11.1. The maximum atomic E-state index is 9.82. The number of hydrogen-bond donors (Lipinski definition) is 1. The highest BCUT2D eigenvalue weighted by Gasteiger charge is 2.33.